The van der Waals surface area contributed by atoms with Crippen molar-refractivity contribution in [2.75, 3.05) is 31.2 Å². The molecule has 0 bridgehead atoms. The third-order valence-electron chi connectivity index (χ3n) is 4.13. The summed E-state index contributed by atoms with van der Waals surface area (Å²) in [6.45, 7) is 3.46. The van der Waals surface area contributed by atoms with Gasteiger partial charge in [-0.2, -0.15) is 0 Å². The molecule has 108 valence electrons. The van der Waals surface area contributed by atoms with Crippen LogP contribution in [0.25, 0.3) is 21.0 Å². The minimum atomic E-state index is 0.786. The first-order valence-electron chi connectivity index (χ1n) is 7.07. The number of carbonyl (C=O) groups is 1. The van der Waals surface area contributed by atoms with Crippen LogP contribution >= 0.6 is 11.3 Å². The van der Waals surface area contributed by atoms with E-state index >= 15 is 0 Å². The highest BCUT2D eigenvalue weighted by molar-refractivity contribution is 7.20. The van der Waals surface area contributed by atoms with E-state index in [0.717, 1.165) is 42.9 Å². The average Bonchev–Trinajstić information content (AvgIpc) is 3.07. The molecule has 0 spiro atoms. The van der Waals surface area contributed by atoms with E-state index in [1.54, 1.807) is 11.3 Å². The zero-order chi connectivity index (χ0) is 14.4. The van der Waals surface area contributed by atoms with Crippen molar-refractivity contribution in [3.63, 3.8) is 0 Å². The third kappa shape index (κ3) is 2.04. The van der Waals surface area contributed by atoms with E-state index < -0.39 is 0 Å². The smallest absolute Gasteiger partial charge is 0.160 e. The quantitative estimate of drug-likeness (QED) is 0.682. The number of hydrogen-bond acceptors (Lipinski definition) is 4. The molecule has 4 rings (SSSR count). The number of carbonyl (C=O) groups excluding carboxylic acids is 1. The van der Waals surface area contributed by atoms with Crippen molar-refractivity contribution in [1.29, 1.82) is 0 Å². The zero-order valence-electron chi connectivity index (χ0n) is 11.8. The summed E-state index contributed by atoms with van der Waals surface area (Å²) >= 11 is 1.55. The largest absolute Gasteiger partial charge is 0.378 e. The Bertz CT molecular complexity index is 828. The summed E-state index contributed by atoms with van der Waals surface area (Å²) in [6, 6.07) is 8.57. The monoisotopic (exact) mass is 300 g/mol. The first-order valence-corrected chi connectivity index (χ1v) is 7.89. The fraction of sp³-hybridized carbons (Fsp3) is 0.312. The number of morpholine rings is 1. The molecule has 3 heterocycles. The Balaban J connectivity index is 1.87. The van der Waals surface area contributed by atoms with Gasteiger partial charge in [-0.25, -0.2) is 0 Å². The van der Waals surface area contributed by atoms with E-state index in [2.05, 4.69) is 34.7 Å². The van der Waals surface area contributed by atoms with Gasteiger partial charge < -0.3 is 14.2 Å². The standard InChI is InChI=1S/C16H16N2O2S/c1-17-14-9-15-12(7-13(10-19)21-15)6-11(14)8-16(17)18-2-4-20-5-3-18/h6-10H,2-5H2,1H3. The Morgan fingerprint density at radius 2 is 1.95 bits per heavy atom. The number of aryl methyl sites for hydroxylation is 1. The molecular weight excluding hydrogens is 284 g/mol. The van der Waals surface area contributed by atoms with E-state index in [1.807, 2.05) is 6.07 Å². The fourth-order valence-corrected chi connectivity index (χ4v) is 3.93. The van der Waals surface area contributed by atoms with Crippen molar-refractivity contribution in [3.05, 3.63) is 29.1 Å². The number of thiophene rings is 1. The number of anilines is 1. The topological polar surface area (TPSA) is 34.5 Å². The van der Waals surface area contributed by atoms with E-state index in [-0.39, 0.29) is 0 Å². The van der Waals surface area contributed by atoms with Crippen molar-refractivity contribution in [1.82, 2.24) is 4.57 Å². The van der Waals surface area contributed by atoms with Crippen LogP contribution in [0.2, 0.25) is 0 Å². The molecule has 0 aliphatic carbocycles. The van der Waals surface area contributed by atoms with Crippen LogP contribution in [0.5, 0.6) is 0 Å². The minimum Gasteiger partial charge on any atom is -0.378 e. The highest BCUT2D eigenvalue weighted by Gasteiger charge is 2.16. The van der Waals surface area contributed by atoms with E-state index in [4.69, 9.17) is 4.74 Å². The lowest BCUT2D eigenvalue weighted by Crippen LogP contribution is -2.37. The van der Waals surface area contributed by atoms with Crippen LogP contribution in [0.3, 0.4) is 0 Å². The molecule has 0 unspecified atom stereocenters. The SMILES string of the molecule is Cn1c(N2CCOCC2)cc2cc3cc(C=O)sc3cc21. The third-order valence-corrected chi connectivity index (χ3v) is 5.15. The van der Waals surface area contributed by atoms with E-state index in [1.165, 1.54) is 21.4 Å². The molecule has 2 aromatic heterocycles. The number of rotatable bonds is 2. The van der Waals surface area contributed by atoms with Gasteiger partial charge in [-0.05, 0) is 29.7 Å². The Morgan fingerprint density at radius 3 is 2.71 bits per heavy atom. The van der Waals surface area contributed by atoms with Gasteiger partial charge >= 0.3 is 0 Å². The number of hydrogen-bond donors (Lipinski definition) is 0. The molecule has 0 atom stereocenters. The molecule has 0 radical (unpaired) electrons. The average molecular weight is 300 g/mol. The normalized spacial score (nSPS) is 16.0. The molecule has 3 aromatic rings. The number of benzene rings is 1. The predicted octanol–water partition coefficient (Wildman–Crippen LogP) is 3.04. The summed E-state index contributed by atoms with van der Waals surface area (Å²) in [7, 11) is 2.10. The molecular formula is C16H16N2O2S. The van der Waals surface area contributed by atoms with Crippen molar-refractivity contribution < 1.29 is 9.53 Å². The summed E-state index contributed by atoms with van der Waals surface area (Å²) < 4.78 is 8.83. The van der Waals surface area contributed by atoms with Crippen LogP contribution in [-0.2, 0) is 11.8 Å². The van der Waals surface area contributed by atoms with Crippen LogP contribution in [0.1, 0.15) is 9.67 Å². The number of aromatic nitrogens is 1. The molecule has 4 nitrogen and oxygen atoms in total. The highest BCUT2D eigenvalue weighted by Crippen LogP contribution is 2.33. The molecule has 0 amide bonds. The molecule has 0 saturated carbocycles. The lowest BCUT2D eigenvalue weighted by molar-refractivity contribution is 0.112. The highest BCUT2D eigenvalue weighted by atomic mass is 32.1. The summed E-state index contributed by atoms with van der Waals surface area (Å²) in [5.74, 6) is 1.24. The second-order valence-corrected chi connectivity index (χ2v) is 6.49. The fourth-order valence-electron chi connectivity index (χ4n) is 3.03. The summed E-state index contributed by atoms with van der Waals surface area (Å²) in [4.78, 5) is 14.1. The Labute approximate surface area is 126 Å². The molecule has 5 heteroatoms. The van der Waals surface area contributed by atoms with Crippen LogP contribution in [0, 0.1) is 0 Å². The van der Waals surface area contributed by atoms with Gasteiger partial charge in [0.2, 0.25) is 0 Å². The minimum absolute atomic E-state index is 0.786. The number of aldehydes is 1. The van der Waals surface area contributed by atoms with Gasteiger partial charge in [0, 0.05) is 30.2 Å². The van der Waals surface area contributed by atoms with Crippen LogP contribution < -0.4 is 4.90 Å². The van der Waals surface area contributed by atoms with Crippen LogP contribution in [0.4, 0.5) is 5.82 Å². The number of ether oxygens (including phenoxy) is 1. The lowest BCUT2D eigenvalue weighted by atomic mass is 10.2. The van der Waals surface area contributed by atoms with Gasteiger partial charge in [0.15, 0.2) is 6.29 Å². The Kier molecular flexibility index (Phi) is 2.97. The van der Waals surface area contributed by atoms with Crippen LogP contribution in [-0.4, -0.2) is 37.2 Å². The maximum atomic E-state index is 10.9. The first-order chi connectivity index (χ1) is 10.3. The van der Waals surface area contributed by atoms with Crippen molar-refractivity contribution in [2.24, 2.45) is 7.05 Å². The van der Waals surface area contributed by atoms with Gasteiger partial charge in [0.25, 0.3) is 0 Å². The van der Waals surface area contributed by atoms with Gasteiger partial charge in [-0.1, -0.05) is 0 Å². The molecule has 21 heavy (non-hydrogen) atoms. The van der Waals surface area contributed by atoms with Gasteiger partial charge in [0.1, 0.15) is 5.82 Å². The predicted molar refractivity (Wildman–Crippen MR) is 86.7 cm³/mol. The van der Waals surface area contributed by atoms with Crippen LogP contribution in [0.15, 0.2) is 24.3 Å². The molecule has 1 aliphatic rings. The van der Waals surface area contributed by atoms with Crippen molar-refractivity contribution in [2.45, 2.75) is 0 Å². The number of nitrogens with zero attached hydrogens (tertiary/aromatic N) is 2. The molecule has 1 fully saturated rings. The van der Waals surface area contributed by atoms with Crippen molar-refractivity contribution >= 4 is 44.4 Å². The first kappa shape index (κ1) is 12.9. The van der Waals surface area contributed by atoms with Gasteiger partial charge in [-0.3, -0.25) is 4.79 Å². The molecule has 1 saturated heterocycles. The van der Waals surface area contributed by atoms with Gasteiger partial charge in [-0.15, -0.1) is 11.3 Å². The summed E-state index contributed by atoms with van der Waals surface area (Å²) in [5.41, 5.74) is 1.21. The van der Waals surface area contributed by atoms with Gasteiger partial charge in [0.05, 0.1) is 23.6 Å². The maximum Gasteiger partial charge on any atom is 0.160 e. The lowest BCUT2D eigenvalue weighted by Gasteiger charge is -2.28. The van der Waals surface area contributed by atoms with Crippen molar-refractivity contribution in [3.8, 4) is 0 Å². The molecule has 0 N–H and O–H groups in total. The second-order valence-electron chi connectivity index (χ2n) is 5.38. The Morgan fingerprint density at radius 1 is 1.14 bits per heavy atom. The van der Waals surface area contributed by atoms with E-state index in [9.17, 15) is 4.79 Å². The summed E-state index contributed by atoms with van der Waals surface area (Å²) in [5, 5.41) is 2.37. The zero-order valence-corrected chi connectivity index (χ0v) is 12.7. The maximum absolute atomic E-state index is 10.9. The Hall–Kier alpha value is -1.85. The molecule has 1 aliphatic heterocycles. The molecule has 1 aromatic carbocycles. The number of fused-ring (bicyclic) bond motifs is 2. The summed E-state index contributed by atoms with van der Waals surface area (Å²) in [6.07, 6.45) is 0.925. The second kappa shape index (κ2) is 4.86. The van der Waals surface area contributed by atoms with E-state index in [0.29, 0.717) is 0 Å².